The molecule has 1 aromatic heterocycles. The third-order valence-electron chi connectivity index (χ3n) is 3.43. The molecule has 0 aliphatic carbocycles. The first-order valence-corrected chi connectivity index (χ1v) is 6.48. The zero-order chi connectivity index (χ0) is 13.2. The maximum absolute atomic E-state index is 12.5. The third kappa shape index (κ3) is 2.13. The highest BCUT2D eigenvalue weighted by atomic mass is 16.1. The van der Waals surface area contributed by atoms with Gasteiger partial charge in [0.15, 0.2) is 5.43 Å². The standard InChI is InChI=1S/C16H16N2O/c1-17-9-8-11-6-7-15-13(10-11)16(19)12-4-2-3-5-14(12)18-15/h2-7,10,17H,8-9H2,1H3,(H,18,19). The number of rotatable bonds is 3. The number of nitrogens with one attached hydrogen (secondary N) is 2. The number of aromatic amines is 1. The molecule has 0 fully saturated rings. The van der Waals surface area contributed by atoms with Gasteiger partial charge < -0.3 is 10.3 Å². The van der Waals surface area contributed by atoms with Crippen molar-refractivity contribution in [3.05, 3.63) is 58.3 Å². The Balaban J connectivity index is 2.24. The Bertz CT molecular complexity index is 789. The SMILES string of the molecule is CNCCc1ccc2[nH]c3ccccc3c(=O)c2c1. The zero-order valence-corrected chi connectivity index (χ0v) is 10.9. The van der Waals surface area contributed by atoms with Crippen LogP contribution in [0.3, 0.4) is 0 Å². The molecule has 1 heterocycles. The van der Waals surface area contributed by atoms with Crippen LogP contribution >= 0.6 is 0 Å². The number of pyridine rings is 1. The fourth-order valence-corrected chi connectivity index (χ4v) is 2.39. The molecule has 0 saturated carbocycles. The van der Waals surface area contributed by atoms with Crippen LogP contribution in [0.25, 0.3) is 21.8 Å². The average molecular weight is 252 g/mol. The largest absolute Gasteiger partial charge is 0.354 e. The molecule has 3 aromatic rings. The lowest BCUT2D eigenvalue weighted by molar-refractivity contribution is 0.792. The minimum absolute atomic E-state index is 0.107. The predicted molar refractivity (Wildman–Crippen MR) is 79.7 cm³/mol. The van der Waals surface area contributed by atoms with Crippen molar-refractivity contribution in [3.63, 3.8) is 0 Å². The molecular weight excluding hydrogens is 236 g/mol. The van der Waals surface area contributed by atoms with Gasteiger partial charge in [-0.15, -0.1) is 0 Å². The van der Waals surface area contributed by atoms with Crippen molar-refractivity contribution >= 4 is 21.8 Å². The first-order chi connectivity index (χ1) is 9.29. The highest BCUT2D eigenvalue weighted by Crippen LogP contribution is 2.16. The molecule has 3 rings (SSSR count). The molecule has 0 bridgehead atoms. The highest BCUT2D eigenvalue weighted by Gasteiger charge is 2.05. The Labute approximate surface area is 111 Å². The van der Waals surface area contributed by atoms with Crippen molar-refractivity contribution in [3.8, 4) is 0 Å². The van der Waals surface area contributed by atoms with Gasteiger partial charge in [-0.25, -0.2) is 0 Å². The van der Waals surface area contributed by atoms with Crippen LogP contribution < -0.4 is 10.7 Å². The van der Waals surface area contributed by atoms with Crippen molar-refractivity contribution in [2.75, 3.05) is 13.6 Å². The summed E-state index contributed by atoms with van der Waals surface area (Å²) in [7, 11) is 1.93. The first-order valence-electron chi connectivity index (χ1n) is 6.48. The van der Waals surface area contributed by atoms with Crippen LogP contribution in [0.2, 0.25) is 0 Å². The molecule has 0 amide bonds. The lowest BCUT2D eigenvalue weighted by atomic mass is 10.1. The van der Waals surface area contributed by atoms with E-state index in [0.29, 0.717) is 0 Å². The predicted octanol–water partition coefficient (Wildman–Crippen LogP) is 2.44. The molecule has 19 heavy (non-hydrogen) atoms. The molecule has 0 unspecified atom stereocenters. The zero-order valence-electron chi connectivity index (χ0n) is 10.9. The minimum Gasteiger partial charge on any atom is -0.354 e. The average Bonchev–Trinajstić information content (AvgIpc) is 2.46. The molecule has 2 N–H and O–H groups in total. The van der Waals surface area contributed by atoms with Crippen molar-refractivity contribution < 1.29 is 0 Å². The van der Waals surface area contributed by atoms with Crippen LogP contribution in [0.4, 0.5) is 0 Å². The van der Waals surface area contributed by atoms with Crippen LogP contribution in [0.5, 0.6) is 0 Å². The van der Waals surface area contributed by atoms with Gasteiger partial charge in [-0.1, -0.05) is 18.2 Å². The van der Waals surface area contributed by atoms with Gasteiger partial charge in [-0.05, 0) is 49.8 Å². The number of hydrogen-bond acceptors (Lipinski definition) is 2. The Morgan fingerprint density at radius 3 is 2.68 bits per heavy atom. The number of H-pyrrole nitrogens is 1. The van der Waals surface area contributed by atoms with E-state index in [2.05, 4.69) is 16.4 Å². The summed E-state index contributed by atoms with van der Waals surface area (Å²) >= 11 is 0. The van der Waals surface area contributed by atoms with E-state index < -0.39 is 0 Å². The van der Waals surface area contributed by atoms with E-state index in [0.717, 1.165) is 34.8 Å². The van der Waals surface area contributed by atoms with E-state index in [4.69, 9.17) is 0 Å². The fraction of sp³-hybridized carbons (Fsp3) is 0.188. The Kier molecular flexibility index (Phi) is 3.05. The van der Waals surface area contributed by atoms with Crippen molar-refractivity contribution in [1.82, 2.24) is 10.3 Å². The lowest BCUT2D eigenvalue weighted by Crippen LogP contribution is -2.11. The molecule has 2 aromatic carbocycles. The number of aromatic nitrogens is 1. The van der Waals surface area contributed by atoms with Gasteiger partial charge in [0.05, 0.1) is 0 Å². The Morgan fingerprint density at radius 2 is 1.84 bits per heavy atom. The number of fused-ring (bicyclic) bond motifs is 2. The van der Waals surface area contributed by atoms with Crippen LogP contribution in [-0.4, -0.2) is 18.6 Å². The Hall–Kier alpha value is -2.13. The summed E-state index contributed by atoms with van der Waals surface area (Å²) in [4.78, 5) is 15.8. The molecule has 0 spiro atoms. The van der Waals surface area contributed by atoms with Gasteiger partial charge in [0.25, 0.3) is 0 Å². The van der Waals surface area contributed by atoms with Gasteiger partial charge in [0, 0.05) is 21.8 Å². The van der Waals surface area contributed by atoms with Gasteiger partial charge in [0.1, 0.15) is 0 Å². The molecule has 96 valence electrons. The molecular formula is C16H16N2O. The van der Waals surface area contributed by atoms with Crippen LogP contribution in [0.15, 0.2) is 47.3 Å². The summed E-state index contributed by atoms with van der Waals surface area (Å²) in [6, 6.07) is 13.7. The van der Waals surface area contributed by atoms with Gasteiger partial charge in [-0.3, -0.25) is 4.79 Å². The van der Waals surface area contributed by atoms with Crippen LogP contribution in [-0.2, 0) is 6.42 Å². The highest BCUT2D eigenvalue weighted by molar-refractivity contribution is 5.92. The van der Waals surface area contributed by atoms with Gasteiger partial charge >= 0.3 is 0 Å². The second-order valence-electron chi connectivity index (χ2n) is 4.73. The van der Waals surface area contributed by atoms with Crippen molar-refractivity contribution in [2.45, 2.75) is 6.42 Å². The number of hydrogen-bond donors (Lipinski definition) is 2. The quantitative estimate of drug-likeness (QED) is 0.703. The number of likely N-dealkylation sites (N-methyl/N-ethyl adjacent to an activating group) is 1. The van der Waals surface area contributed by atoms with E-state index in [1.165, 1.54) is 5.56 Å². The summed E-state index contributed by atoms with van der Waals surface area (Å²) in [5, 5.41) is 4.64. The van der Waals surface area contributed by atoms with Crippen LogP contribution in [0.1, 0.15) is 5.56 Å². The monoisotopic (exact) mass is 252 g/mol. The molecule has 0 radical (unpaired) electrons. The minimum atomic E-state index is 0.107. The smallest absolute Gasteiger partial charge is 0.197 e. The maximum atomic E-state index is 12.5. The number of benzene rings is 2. The normalized spacial score (nSPS) is 11.2. The van der Waals surface area contributed by atoms with Gasteiger partial charge in [0.2, 0.25) is 0 Å². The van der Waals surface area contributed by atoms with Crippen molar-refractivity contribution in [1.29, 1.82) is 0 Å². The second-order valence-corrected chi connectivity index (χ2v) is 4.73. The summed E-state index contributed by atoms with van der Waals surface area (Å²) in [6.45, 7) is 0.914. The summed E-state index contributed by atoms with van der Waals surface area (Å²) in [5.74, 6) is 0. The summed E-state index contributed by atoms with van der Waals surface area (Å²) in [6.07, 6.45) is 0.929. The summed E-state index contributed by atoms with van der Waals surface area (Å²) < 4.78 is 0. The van der Waals surface area contributed by atoms with E-state index in [9.17, 15) is 4.79 Å². The fourth-order valence-electron chi connectivity index (χ4n) is 2.39. The topological polar surface area (TPSA) is 44.9 Å². The van der Waals surface area contributed by atoms with Gasteiger partial charge in [-0.2, -0.15) is 0 Å². The Morgan fingerprint density at radius 1 is 1.05 bits per heavy atom. The molecule has 3 heteroatoms. The molecule has 0 aliphatic rings. The molecule has 0 atom stereocenters. The molecule has 3 nitrogen and oxygen atoms in total. The third-order valence-corrected chi connectivity index (χ3v) is 3.43. The lowest BCUT2D eigenvalue weighted by Gasteiger charge is -2.05. The molecule has 0 saturated heterocycles. The first kappa shape index (κ1) is 11.9. The van der Waals surface area contributed by atoms with E-state index >= 15 is 0 Å². The van der Waals surface area contributed by atoms with E-state index in [1.54, 1.807) is 0 Å². The van der Waals surface area contributed by atoms with Crippen LogP contribution in [0, 0.1) is 0 Å². The second kappa shape index (κ2) is 4.86. The number of para-hydroxylation sites is 1. The summed E-state index contributed by atoms with van der Waals surface area (Å²) in [5.41, 5.74) is 3.08. The maximum Gasteiger partial charge on any atom is 0.197 e. The van der Waals surface area contributed by atoms with Crippen molar-refractivity contribution in [2.24, 2.45) is 0 Å². The van der Waals surface area contributed by atoms with E-state index in [-0.39, 0.29) is 5.43 Å². The van der Waals surface area contributed by atoms with E-state index in [1.807, 2.05) is 43.4 Å². The molecule has 0 aliphatic heterocycles.